The molecule has 2 N–H and O–H groups in total. The summed E-state index contributed by atoms with van der Waals surface area (Å²) < 4.78 is 0. The van der Waals surface area contributed by atoms with Crippen LogP contribution in [-0.4, -0.2) is 12.1 Å². The maximum atomic E-state index is 3.84. The topological polar surface area (TPSA) is 24.1 Å². The molecule has 2 heteroatoms. The zero-order valence-electron chi connectivity index (χ0n) is 14.2. The van der Waals surface area contributed by atoms with E-state index in [0.717, 1.165) is 0 Å². The summed E-state index contributed by atoms with van der Waals surface area (Å²) in [4.78, 5) is 0. The number of hydrogen-bond donors (Lipinski definition) is 2. The SMILES string of the molecule is CC(N[C@@H]1CCC[C@H]1NC(C)c1ccccc1)c1ccccc1. The van der Waals surface area contributed by atoms with E-state index in [-0.39, 0.29) is 0 Å². The molecule has 3 rings (SSSR count). The van der Waals surface area contributed by atoms with Gasteiger partial charge in [0.2, 0.25) is 0 Å². The minimum atomic E-state index is 0.399. The average Bonchev–Trinajstić information content (AvgIpc) is 3.03. The van der Waals surface area contributed by atoms with Gasteiger partial charge >= 0.3 is 0 Å². The van der Waals surface area contributed by atoms with Crippen LogP contribution in [0, 0.1) is 0 Å². The first-order valence-electron chi connectivity index (χ1n) is 8.86. The van der Waals surface area contributed by atoms with Gasteiger partial charge in [0.25, 0.3) is 0 Å². The van der Waals surface area contributed by atoms with Crippen molar-refractivity contribution in [1.82, 2.24) is 10.6 Å². The minimum Gasteiger partial charge on any atom is -0.306 e. The van der Waals surface area contributed by atoms with Crippen LogP contribution in [0.5, 0.6) is 0 Å². The number of rotatable bonds is 6. The van der Waals surface area contributed by atoms with Crippen LogP contribution in [0.4, 0.5) is 0 Å². The minimum absolute atomic E-state index is 0.399. The summed E-state index contributed by atoms with van der Waals surface area (Å²) in [5.74, 6) is 0. The van der Waals surface area contributed by atoms with Crippen molar-refractivity contribution in [2.24, 2.45) is 0 Å². The summed E-state index contributed by atoms with van der Waals surface area (Å²) in [6.07, 6.45) is 3.82. The van der Waals surface area contributed by atoms with Gasteiger partial charge < -0.3 is 10.6 Å². The first-order valence-corrected chi connectivity index (χ1v) is 8.86. The van der Waals surface area contributed by atoms with Crippen molar-refractivity contribution in [3.8, 4) is 0 Å². The maximum absolute atomic E-state index is 3.84. The normalized spacial score (nSPS) is 23.6. The molecule has 2 aromatic carbocycles. The van der Waals surface area contributed by atoms with E-state index in [1.165, 1.54) is 30.4 Å². The molecular weight excluding hydrogens is 280 g/mol. The lowest BCUT2D eigenvalue weighted by molar-refractivity contribution is 0.356. The average molecular weight is 308 g/mol. The van der Waals surface area contributed by atoms with Crippen molar-refractivity contribution in [2.45, 2.75) is 57.3 Å². The van der Waals surface area contributed by atoms with Crippen LogP contribution < -0.4 is 10.6 Å². The lowest BCUT2D eigenvalue weighted by Gasteiger charge is -2.29. The molecule has 0 spiro atoms. The van der Waals surface area contributed by atoms with Crippen molar-refractivity contribution >= 4 is 0 Å². The molecule has 0 radical (unpaired) electrons. The number of benzene rings is 2. The van der Waals surface area contributed by atoms with E-state index in [1.54, 1.807) is 0 Å². The molecule has 0 amide bonds. The van der Waals surface area contributed by atoms with Gasteiger partial charge in [-0.2, -0.15) is 0 Å². The van der Waals surface area contributed by atoms with Crippen LogP contribution in [0.1, 0.15) is 56.3 Å². The van der Waals surface area contributed by atoms with Crippen LogP contribution in [0.3, 0.4) is 0 Å². The molecule has 0 saturated heterocycles. The van der Waals surface area contributed by atoms with Gasteiger partial charge in [0.05, 0.1) is 0 Å². The molecule has 1 aliphatic carbocycles. The summed E-state index contributed by atoms with van der Waals surface area (Å²) in [5.41, 5.74) is 2.74. The highest BCUT2D eigenvalue weighted by molar-refractivity contribution is 5.20. The van der Waals surface area contributed by atoms with E-state index < -0.39 is 0 Å². The molecule has 1 aliphatic rings. The van der Waals surface area contributed by atoms with Gasteiger partial charge in [-0.3, -0.25) is 0 Å². The van der Waals surface area contributed by atoms with Crippen molar-refractivity contribution in [3.05, 3.63) is 71.8 Å². The third-order valence-electron chi connectivity index (χ3n) is 5.04. The lowest BCUT2D eigenvalue weighted by Crippen LogP contribution is -2.45. The molecule has 4 atom stereocenters. The van der Waals surface area contributed by atoms with Crippen molar-refractivity contribution in [1.29, 1.82) is 0 Å². The van der Waals surface area contributed by atoms with E-state index in [4.69, 9.17) is 0 Å². The van der Waals surface area contributed by atoms with Crippen molar-refractivity contribution in [3.63, 3.8) is 0 Å². The Kier molecular flexibility index (Phi) is 5.47. The third-order valence-corrected chi connectivity index (χ3v) is 5.04. The Balaban J connectivity index is 1.59. The fraction of sp³-hybridized carbons (Fsp3) is 0.429. The smallest absolute Gasteiger partial charge is 0.0295 e. The molecule has 0 aliphatic heterocycles. The quantitative estimate of drug-likeness (QED) is 0.814. The molecule has 0 aromatic heterocycles. The zero-order valence-corrected chi connectivity index (χ0v) is 14.2. The fourth-order valence-corrected chi connectivity index (χ4v) is 3.68. The van der Waals surface area contributed by atoms with Crippen LogP contribution in [-0.2, 0) is 0 Å². The van der Waals surface area contributed by atoms with Gasteiger partial charge in [0.1, 0.15) is 0 Å². The second-order valence-electron chi connectivity index (χ2n) is 6.74. The zero-order chi connectivity index (χ0) is 16.1. The van der Waals surface area contributed by atoms with Crippen molar-refractivity contribution < 1.29 is 0 Å². The highest BCUT2D eigenvalue weighted by Crippen LogP contribution is 2.25. The molecule has 0 heterocycles. The Morgan fingerprint density at radius 1 is 0.696 bits per heavy atom. The molecule has 1 fully saturated rings. The highest BCUT2D eigenvalue weighted by Gasteiger charge is 2.29. The summed E-state index contributed by atoms with van der Waals surface area (Å²) in [6, 6.07) is 23.4. The van der Waals surface area contributed by atoms with Crippen LogP contribution in [0.2, 0.25) is 0 Å². The van der Waals surface area contributed by atoms with E-state index >= 15 is 0 Å². The summed E-state index contributed by atoms with van der Waals surface area (Å²) in [6.45, 7) is 4.54. The fourth-order valence-electron chi connectivity index (χ4n) is 3.68. The summed E-state index contributed by atoms with van der Waals surface area (Å²) in [7, 11) is 0. The Morgan fingerprint density at radius 3 is 1.48 bits per heavy atom. The van der Waals surface area contributed by atoms with E-state index in [0.29, 0.717) is 24.2 Å². The van der Waals surface area contributed by atoms with Crippen LogP contribution in [0.25, 0.3) is 0 Å². The summed E-state index contributed by atoms with van der Waals surface area (Å²) in [5, 5.41) is 7.68. The van der Waals surface area contributed by atoms with E-state index in [2.05, 4.69) is 85.1 Å². The highest BCUT2D eigenvalue weighted by atomic mass is 15.1. The largest absolute Gasteiger partial charge is 0.306 e. The van der Waals surface area contributed by atoms with Gasteiger partial charge in [-0.1, -0.05) is 67.1 Å². The maximum Gasteiger partial charge on any atom is 0.0295 e. The van der Waals surface area contributed by atoms with Gasteiger partial charge in [0.15, 0.2) is 0 Å². The molecule has 2 nitrogen and oxygen atoms in total. The molecule has 2 aromatic rings. The lowest BCUT2D eigenvalue weighted by atomic mass is 10.0. The second-order valence-corrected chi connectivity index (χ2v) is 6.74. The van der Waals surface area contributed by atoms with E-state index in [9.17, 15) is 0 Å². The first kappa shape index (κ1) is 16.2. The second kappa shape index (κ2) is 7.76. The Labute approximate surface area is 140 Å². The number of hydrogen-bond acceptors (Lipinski definition) is 2. The van der Waals surface area contributed by atoms with Crippen LogP contribution in [0.15, 0.2) is 60.7 Å². The molecule has 0 bridgehead atoms. The Hall–Kier alpha value is -1.64. The van der Waals surface area contributed by atoms with Gasteiger partial charge in [-0.15, -0.1) is 0 Å². The molecule has 2 unspecified atom stereocenters. The Bertz CT molecular complexity index is 528. The molecule has 1 saturated carbocycles. The Morgan fingerprint density at radius 2 is 1.09 bits per heavy atom. The molecule has 122 valence electrons. The molecular formula is C21H28N2. The number of nitrogens with one attached hydrogen (secondary N) is 2. The predicted octanol–water partition coefficient (Wildman–Crippen LogP) is 4.61. The monoisotopic (exact) mass is 308 g/mol. The van der Waals surface area contributed by atoms with Crippen LogP contribution >= 0.6 is 0 Å². The van der Waals surface area contributed by atoms with E-state index in [1.807, 2.05) is 0 Å². The predicted molar refractivity (Wildman–Crippen MR) is 97.4 cm³/mol. The summed E-state index contributed by atoms with van der Waals surface area (Å²) >= 11 is 0. The standard InChI is InChI=1S/C21H28N2/c1-16(18-10-5-3-6-11-18)22-20-14-9-15-21(20)23-17(2)19-12-7-4-8-13-19/h3-8,10-13,16-17,20-23H,9,14-15H2,1-2H3/t16?,17?,20-,21-/m1/s1. The first-order chi connectivity index (χ1) is 11.2. The third kappa shape index (κ3) is 4.21. The van der Waals surface area contributed by atoms with Gasteiger partial charge in [0, 0.05) is 24.2 Å². The molecule has 23 heavy (non-hydrogen) atoms. The van der Waals surface area contributed by atoms with Gasteiger partial charge in [-0.05, 0) is 37.8 Å². The van der Waals surface area contributed by atoms with Crippen molar-refractivity contribution in [2.75, 3.05) is 0 Å². The van der Waals surface area contributed by atoms with Gasteiger partial charge in [-0.25, -0.2) is 0 Å².